The molecule has 0 aliphatic heterocycles. The average molecular weight is 164 g/mol. The molecule has 0 aliphatic rings. The molecule has 0 rings (SSSR count). The zero-order chi connectivity index (χ0) is 8.36. The van der Waals surface area contributed by atoms with Gasteiger partial charge in [0.2, 0.25) is 0 Å². The number of hydrogen-bond donors (Lipinski definition) is 1. The highest BCUT2D eigenvalue weighted by Crippen LogP contribution is 2.46. The van der Waals surface area contributed by atoms with Crippen LogP contribution in [0.5, 0.6) is 0 Å². The lowest BCUT2D eigenvalue weighted by Crippen LogP contribution is -2.14. The van der Waals surface area contributed by atoms with E-state index in [2.05, 4.69) is 0 Å². The summed E-state index contributed by atoms with van der Waals surface area (Å²) in [6.45, 7) is 9.78. The van der Waals surface area contributed by atoms with E-state index in [-0.39, 0.29) is 11.3 Å². The maximum absolute atomic E-state index is 9.40. The first-order valence-electron chi connectivity index (χ1n) is 3.50. The second kappa shape index (κ2) is 3.66. The third kappa shape index (κ3) is 4.21. The van der Waals surface area contributed by atoms with Crippen LogP contribution < -0.4 is 0 Å². The lowest BCUT2D eigenvalue weighted by atomic mass is 10.3. The van der Waals surface area contributed by atoms with Gasteiger partial charge < -0.3 is 9.42 Å². The quantitative estimate of drug-likeness (QED) is 0.635. The molecule has 1 unspecified atom stereocenters. The largest absolute Gasteiger partial charge is 0.350 e. The molecule has 0 radical (unpaired) electrons. The Labute approximate surface area is 64.5 Å². The minimum Gasteiger partial charge on any atom is -0.350 e. The van der Waals surface area contributed by atoms with E-state index in [4.69, 9.17) is 4.52 Å². The molecule has 1 atom stereocenters. The fourth-order valence-electron chi connectivity index (χ4n) is 0.358. The Balaban J connectivity index is 3.73. The Morgan fingerprint density at radius 3 is 1.80 bits per heavy atom. The molecule has 0 saturated carbocycles. The van der Waals surface area contributed by atoms with Gasteiger partial charge in [0.05, 0.1) is 6.10 Å². The molecule has 0 fully saturated rings. The third-order valence-corrected chi connectivity index (χ3v) is 2.65. The van der Waals surface area contributed by atoms with Gasteiger partial charge in [0, 0.05) is 5.16 Å². The van der Waals surface area contributed by atoms with Crippen LogP contribution in [0, 0.1) is 0 Å². The van der Waals surface area contributed by atoms with Crippen LogP contribution in [0.2, 0.25) is 0 Å². The van der Waals surface area contributed by atoms with Crippen LogP contribution in [0.4, 0.5) is 0 Å². The highest BCUT2D eigenvalue weighted by molar-refractivity contribution is 7.47. The molecule has 0 aromatic rings. The Bertz CT molecular complexity index is 96.3. The predicted octanol–water partition coefficient (Wildman–Crippen LogP) is 2.51. The molecule has 2 nitrogen and oxygen atoms in total. The zero-order valence-electron chi connectivity index (χ0n) is 7.38. The summed E-state index contributed by atoms with van der Waals surface area (Å²) in [4.78, 5) is 9.40. The van der Waals surface area contributed by atoms with Crippen molar-refractivity contribution in [1.82, 2.24) is 0 Å². The SMILES string of the molecule is CC(C)OP(O)C(C)(C)C. The zero-order valence-corrected chi connectivity index (χ0v) is 8.27. The Kier molecular flexibility index (Phi) is 3.79. The molecule has 62 valence electrons. The number of rotatable bonds is 2. The summed E-state index contributed by atoms with van der Waals surface area (Å²) in [6.07, 6.45) is 0.121. The summed E-state index contributed by atoms with van der Waals surface area (Å²) in [5, 5.41) is -0.112. The number of hydrogen-bond acceptors (Lipinski definition) is 2. The highest BCUT2D eigenvalue weighted by atomic mass is 31.2. The molecule has 0 aromatic heterocycles. The first-order valence-corrected chi connectivity index (χ1v) is 4.71. The molecule has 0 aromatic carbocycles. The van der Waals surface area contributed by atoms with E-state index in [9.17, 15) is 4.89 Å². The van der Waals surface area contributed by atoms with Crippen molar-refractivity contribution in [3.63, 3.8) is 0 Å². The second-order valence-electron chi connectivity index (χ2n) is 3.60. The van der Waals surface area contributed by atoms with E-state index in [0.717, 1.165) is 0 Å². The molecular weight excluding hydrogens is 147 g/mol. The average Bonchev–Trinajstić information content (AvgIpc) is 1.60. The van der Waals surface area contributed by atoms with Gasteiger partial charge in [0.1, 0.15) is 0 Å². The molecule has 0 aliphatic carbocycles. The minimum absolute atomic E-state index is 0.112. The van der Waals surface area contributed by atoms with E-state index in [1.165, 1.54) is 0 Å². The second-order valence-corrected chi connectivity index (χ2v) is 5.70. The summed E-state index contributed by atoms with van der Waals surface area (Å²) in [7, 11) is -1.26. The summed E-state index contributed by atoms with van der Waals surface area (Å²) < 4.78 is 5.23. The van der Waals surface area contributed by atoms with E-state index >= 15 is 0 Å². The summed E-state index contributed by atoms with van der Waals surface area (Å²) in [5.74, 6) is 0. The van der Waals surface area contributed by atoms with E-state index in [0.29, 0.717) is 0 Å². The molecule has 10 heavy (non-hydrogen) atoms. The molecule has 0 spiro atoms. The lowest BCUT2D eigenvalue weighted by Gasteiger charge is -2.25. The molecule has 0 saturated heterocycles. The van der Waals surface area contributed by atoms with Crippen molar-refractivity contribution in [3.05, 3.63) is 0 Å². The maximum Gasteiger partial charge on any atom is 0.173 e. The van der Waals surface area contributed by atoms with Crippen molar-refractivity contribution in [2.24, 2.45) is 0 Å². The van der Waals surface area contributed by atoms with Crippen molar-refractivity contribution in [3.8, 4) is 0 Å². The van der Waals surface area contributed by atoms with Crippen LogP contribution in [-0.4, -0.2) is 16.2 Å². The van der Waals surface area contributed by atoms with Crippen molar-refractivity contribution in [2.45, 2.75) is 45.9 Å². The van der Waals surface area contributed by atoms with Gasteiger partial charge in [-0.1, -0.05) is 20.8 Å². The van der Waals surface area contributed by atoms with Gasteiger partial charge in [-0.05, 0) is 13.8 Å². The fraction of sp³-hybridized carbons (Fsp3) is 1.00. The monoisotopic (exact) mass is 164 g/mol. The van der Waals surface area contributed by atoms with Gasteiger partial charge in [0.15, 0.2) is 8.38 Å². The van der Waals surface area contributed by atoms with E-state index in [1.807, 2.05) is 34.6 Å². The first kappa shape index (κ1) is 10.3. The fourth-order valence-corrected chi connectivity index (χ4v) is 1.07. The summed E-state index contributed by atoms with van der Waals surface area (Å²) in [6, 6.07) is 0. The van der Waals surface area contributed by atoms with E-state index < -0.39 is 8.38 Å². The van der Waals surface area contributed by atoms with Gasteiger partial charge in [-0.2, -0.15) is 0 Å². The van der Waals surface area contributed by atoms with Gasteiger partial charge >= 0.3 is 0 Å². The van der Waals surface area contributed by atoms with Crippen molar-refractivity contribution < 1.29 is 9.42 Å². The Morgan fingerprint density at radius 1 is 1.30 bits per heavy atom. The van der Waals surface area contributed by atoms with Crippen molar-refractivity contribution >= 4 is 8.38 Å². The third-order valence-electron chi connectivity index (χ3n) is 0.885. The normalized spacial score (nSPS) is 15.9. The Morgan fingerprint density at radius 2 is 1.70 bits per heavy atom. The molecule has 0 heterocycles. The van der Waals surface area contributed by atoms with Crippen molar-refractivity contribution in [1.29, 1.82) is 0 Å². The van der Waals surface area contributed by atoms with Crippen LogP contribution in [0.15, 0.2) is 0 Å². The lowest BCUT2D eigenvalue weighted by molar-refractivity contribution is 0.230. The topological polar surface area (TPSA) is 29.5 Å². The minimum atomic E-state index is -1.26. The smallest absolute Gasteiger partial charge is 0.173 e. The van der Waals surface area contributed by atoms with E-state index in [1.54, 1.807) is 0 Å². The highest BCUT2D eigenvalue weighted by Gasteiger charge is 2.24. The summed E-state index contributed by atoms with van der Waals surface area (Å²) >= 11 is 0. The van der Waals surface area contributed by atoms with Gasteiger partial charge in [-0.3, -0.25) is 0 Å². The summed E-state index contributed by atoms with van der Waals surface area (Å²) in [5.41, 5.74) is 0. The van der Waals surface area contributed by atoms with Crippen LogP contribution in [-0.2, 0) is 4.52 Å². The molecular formula is C7H17O2P. The molecule has 3 heteroatoms. The van der Waals surface area contributed by atoms with Crippen LogP contribution in [0.1, 0.15) is 34.6 Å². The standard InChI is InChI=1S/C7H17O2P/c1-6(2)9-10(8)7(3,4)5/h6,8H,1-5H3. The maximum atomic E-state index is 9.40. The first-order chi connectivity index (χ1) is 4.34. The molecule has 0 bridgehead atoms. The van der Waals surface area contributed by atoms with Crippen LogP contribution >= 0.6 is 8.38 Å². The molecule has 0 amide bonds. The predicted molar refractivity (Wildman–Crippen MR) is 45.1 cm³/mol. The van der Waals surface area contributed by atoms with Crippen LogP contribution in [0.3, 0.4) is 0 Å². The van der Waals surface area contributed by atoms with Gasteiger partial charge in [0.25, 0.3) is 0 Å². The van der Waals surface area contributed by atoms with Gasteiger partial charge in [-0.15, -0.1) is 0 Å². The van der Waals surface area contributed by atoms with Crippen LogP contribution in [0.25, 0.3) is 0 Å². The van der Waals surface area contributed by atoms with Gasteiger partial charge in [-0.25, -0.2) is 0 Å². The van der Waals surface area contributed by atoms with Crippen molar-refractivity contribution in [2.75, 3.05) is 0 Å². The molecule has 1 N–H and O–H groups in total. The Hall–Kier alpha value is 0.350.